The van der Waals surface area contributed by atoms with Crippen molar-refractivity contribution in [2.75, 3.05) is 13.2 Å². The molecule has 0 bridgehead atoms. The molecular formula is C13H21NO5. The van der Waals surface area contributed by atoms with Crippen molar-refractivity contribution in [3.05, 3.63) is 12.2 Å². The van der Waals surface area contributed by atoms with Gasteiger partial charge in [-0.15, -0.1) is 0 Å². The summed E-state index contributed by atoms with van der Waals surface area (Å²) in [6.45, 7) is 0.972. The van der Waals surface area contributed by atoms with Gasteiger partial charge in [-0.3, -0.25) is 9.59 Å². The Labute approximate surface area is 112 Å². The largest absolute Gasteiger partial charge is 0.481 e. The van der Waals surface area contributed by atoms with E-state index in [0.29, 0.717) is 19.3 Å². The third kappa shape index (κ3) is 3.54. The average molecular weight is 271 g/mol. The van der Waals surface area contributed by atoms with E-state index in [9.17, 15) is 19.8 Å². The minimum atomic E-state index is -1.08. The monoisotopic (exact) mass is 271 g/mol. The highest BCUT2D eigenvalue weighted by molar-refractivity contribution is 5.85. The maximum Gasteiger partial charge on any atom is 0.307 e. The van der Waals surface area contributed by atoms with Gasteiger partial charge in [-0.25, -0.2) is 0 Å². The van der Waals surface area contributed by atoms with Crippen molar-refractivity contribution in [3.63, 3.8) is 0 Å². The summed E-state index contributed by atoms with van der Waals surface area (Å²) in [5.74, 6) is -2.84. The molecule has 0 saturated carbocycles. The lowest BCUT2D eigenvalue weighted by atomic mass is 9.81. The van der Waals surface area contributed by atoms with E-state index in [1.807, 2.05) is 0 Å². The number of amides is 1. The van der Waals surface area contributed by atoms with Gasteiger partial charge in [0.05, 0.1) is 30.6 Å². The Hall–Kier alpha value is -1.40. The van der Waals surface area contributed by atoms with Crippen molar-refractivity contribution in [1.82, 2.24) is 5.32 Å². The lowest BCUT2D eigenvalue weighted by Crippen LogP contribution is -2.56. The number of nitrogens with one attached hydrogen (secondary N) is 1. The van der Waals surface area contributed by atoms with Gasteiger partial charge in [0.15, 0.2) is 0 Å². The van der Waals surface area contributed by atoms with Gasteiger partial charge in [0.25, 0.3) is 0 Å². The van der Waals surface area contributed by atoms with Crippen LogP contribution in [0.3, 0.4) is 0 Å². The Bertz CT molecular complexity index is 354. The Morgan fingerprint density at radius 3 is 2.16 bits per heavy atom. The summed E-state index contributed by atoms with van der Waals surface area (Å²) in [6.07, 6.45) is 4.60. The molecule has 19 heavy (non-hydrogen) atoms. The van der Waals surface area contributed by atoms with E-state index < -0.39 is 29.3 Å². The van der Waals surface area contributed by atoms with Crippen LogP contribution in [0.5, 0.6) is 0 Å². The third-order valence-electron chi connectivity index (χ3n) is 3.76. The Balaban J connectivity index is 2.81. The zero-order chi connectivity index (χ0) is 14.5. The van der Waals surface area contributed by atoms with Crippen LogP contribution in [0.15, 0.2) is 12.2 Å². The van der Waals surface area contributed by atoms with E-state index in [1.54, 1.807) is 19.1 Å². The van der Waals surface area contributed by atoms with E-state index >= 15 is 0 Å². The Morgan fingerprint density at radius 1 is 1.21 bits per heavy atom. The summed E-state index contributed by atoms with van der Waals surface area (Å²) in [5, 5.41) is 30.3. The van der Waals surface area contributed by atoms with Crippen LogP contribution in [0.2, 0.25) is 0 Å². The smallest absolute Gasteiger partial charge is 0.307 e. The lowest BCUT2D eigenvalue weighted by Gasteiger charge is -2.33. The molecule has 0 saturated heterocycles. The molecule has 0 aliphatic heterocycles. The second kappa shape index (κ2) is 6.68. The van der Waals surface area contributed by atoms with Crippen LogP contribution < -0.4 is 5.32 Å². The SMILES string of the molecule is CCC(CO)(CO)NC(=O)C1CC=CCC1C(=O)O. The summed E-state index contributed by atoms with van der Waals surface area (Å²) in [6, 6.07) is 0. The first kappa shape index (κ1) is 15.7. The standard InChI is InChI=1S/C13H21NO5/c1-2-13(7-15,8-16)14-11(17)9-5-3-4-6-10(9)12(18)19/h3-4,9-10,15-16H,2,5-8H2,1H3,(H,14,17)(H,18,19). The maximum atomic E-state index is 12.2. The van der Waals surface area contributed by atoms with Gasteiger partial charge in [-0.2, -0.15) is 0 Å². The molecule has 0 spiro atoms. The van der Waals surface area contributed by atoms with Gasteiger partial charge in [0, 0.05) is 0 Å². The molecule has 2 atom stereocenters. The number of carbonyl (C=O) groups is 2. The van der Waals surface area contributed by atoms with Crippen molar-refractivity contribution in [3.8, 4) is 0 Å². The first-order valence-corrected chi connectivity index (χ1v) is 6.41. The fraction of sp³-hybridized carbons (Fsp3) is 0.692. The van der Waals surface area contributed by atoms with Crippen LogP contribution in [0, 0.1) is 11.8 Å². The summed E-state index contributed by atoms with van der Waals surface area (Å²) >= 11 is 0. The highest BCUT2D eigenvalue weighted by Gasteiger charge is 2.37. The van der Waals surface area contributed by atoms with Crippen LogP contribution in [-0.4, -0.2) is 45.9 Å². The van der Waals surface area contributed by atoms with Crippen molar-refractivity contribution >= 4 is 11.9 Å². The number of aliphatic carboxylic acids is 1. The number of aliphatic hydroxyl groups excluding tert-OH is 2. The first-order valence-electron chi connectivity index (χ1n) is 6.41. The predicted molar refractivity (Wildman–Crippen MR) is 68.3 cm³/mol. The number of allylic oxidation sites excluding steroid dienone is 2. The van der Waals surface area contributed by atoms with Crippen LogP contribution in [-0.2, 0) is 9.59 Å². The molecular weight excluding hydrogens is 250 g/mol. The van der Waals surface area contributed by atoms with Gasteiger partial charge in [-0.05, 0) is 19.3 Å². The molecule has 0 radical (unpaired) electrons. The Kier molecular flexibility index (Phi) is 5.50. The molecule has 0 aromatic rings. The number of carbonyl (C=O) groups excluding carboxylic acids is 1. The average Bonchev–Trinajstić information content (AvgIpc) is 2.44. The fourth-order valence-electron chi connectivity index (χ4n) is 2.17. The van der Waals surface area contributed by atoms with Crippen molar-refractivity contribution < 1.29 is 24.9 Å². The fourth-order valence-corrected chi connectivity index (χ4v) is 2.17. The molecule has 108 valence electrons. The van der Waals surface area contributed by atoms with E-state index in [0.717, 1.165) is 0 Å². The highest BCUT2D eigenvalue weighted by atomic mass is 16.4. The molecule has 1 amide bonds. The van der Waals surface area contributed by atoms with E-state index in [-0.39, 0.29) is 13.2 Å². The molecule has 2 unspecified atom stereocenters. The number of aliphatic hydroxyl groups is 2. The molecule has 6 heteroatoms. The van der Waals surface area contributed by atoms with Crippen molar-refractivity contribution in [1.29, 1.82) is 0 Å². The molecule has 1 aliphatic carbocycles. The number of carboxylic acid groups (broad SMARTS) is 1. The molecule has 0 fully saturated rings. The van der Waals surface area contributed by atoms with Crippen molar-refractivity contribution in [2.45, 2.75) is 31.7 Å². The third-order valence-corrected chi connectivity index (χ3v) is 3.76. The van der Waals surface area contributed by atoms with Gasteiger partial charge < -0.3 is 20.6 Å². The minimum absolute atomic E-state index is 0.324. The van der Waals surface area contributed by atoms with Crippen LogP contribution in [0.1, 0.15) is 26.2 Å². The first-order chi connectivity index (χ1) is 8.99. The number of carboxylic acids is 1. The lowest BCUT2D eigenvalue weighted by molar-refractivity contribution is -0.148. The zero-order valence-corrected chi connectivity index (χ0v) is 11.0. The topological polar surface area (TPSA) is 107 Å². The van der Waals surface area contributed by atoms with E-state index in [2.05, 4.69) is 5.32 Å². The molecule has 1 aliphatic rings. The highest BCUT2D eigenvalue weighted by Crippen LogP contribution is 2.27. The summed E-state index contributed by atoms with van der Waals surface area (Å²) < 4.78 is 0. The molecule has 0 aromatic heterocycles. The van der Waals surface area contributed by atoms with Crippen LogP contribution in [0.4, 0.5) is 0 Å². The van der Waals surface area contributed by atoms with Gasteiger partial charge in [-0.1, -0.05) is 19.1 Å². The Morgan fingerprint density at radius 2 is 1.74 bits per heavy atom. The van der Waals surface area contributed by atoms with Crippen molar-refractivity contribution in [2.24, 2.45) is 11.8 Å². The van der Waals surface area contributed by atoms with Crippen LogP contribution >= 0.6 is 0 Å². The number of hydrogen-bond donors (Lipinski definition) is 4. The molecule has 0 aromatic carbocycles. The van der Waals surface area contributed by atoms with E-state index in [4.69, 9.17) is 5.11 Å². The zero-order valence-electron chi connectivity index (χ0n) is 11.0. The molecule has 1 rings (SSSR count). The maximum absolute atomic E-state index is 12.2. The summed E-state index contributed by atoms with van der Waals surface area (Å²) in [7, 11) is 0. The number of rotatable bonds is 6. The van der Waals surface area contributed by atoms with Gasteiger partial charge in [0.2, 0.25) is 5.91 Å². The summed E-state index contributed by atoms with van der Waals surface area (Å²) in [4.78, 5) is 23.3. The van der Waals surface area contributed by atoms with Crippen LogP contribution in [0.25, 0.3) is 0 Å². The molecule has 0 heterocycles. The number of hydrogen-bond acceptors (Lipinski definition) is 4. The second-order valence-corrected chi connectivity index (χ2v) is 4.93. The second-order valence-electron chi connectivity index (χ2n) is 4.93. The van der Waals surface area contributed by atoms with Gasteiger partial charge >= 0.3 is 5.97 Å². The summed E-state index contributed by atoms with van der Waals surface area (Å²) in [5.41, 5.74) is -1.08. The quantitative estimate of drug-likeness (QED) is 0.505. The molecule has 4 N–H and O–H groups in total. The minimum Gasteiger partial charge on any atom is -0.481 e. The van der Waals surface area contributed by atoms with Gasteiger partial charge in [0.1, 0.15) is 0 Å². The molecule has 6 nitrogen and oxygen atoms in total. The normalized spacial score (nSPS) is 23.1. The van der Waals surface area contributed by atoms with E-state index in [1.165, 1.54) is 0 Å². The predicted octanol–water partition coefficient (Wildman–Crippen LogP) is -0.0970.